The topological polar surface area (TPSA) is 9.23 Å². The van der Waals surface area contributed by atoms with E-state index in [2.05, 4.69) is 18.6 Å². The largest absolute Gasteiger partial charge is 0.445 e. The van der Waals surface area contributed by atoms with Gasteiger partial charge in [0.25, 0.3) is 0 Å². The Balaban J connectivity index is -0.0000000800. The molecule has 0 rings (SSSR count). The SMILES string of the molecule is [CH2-]COC[CH2-].[Y].[Y]. The molecule has 0 aromatic heterocycles. The van der Waals surface area contributed by atoms with Crippen molar-refractivity contribution in [1.29, 1.82) is 0 Å². The van der Waals surface area contributed by atoms with Gasteiger partial charge in [-0.05, 0) is 0 Å². The molecule has 1 nitrogen and oxygen atoms in total. The molecular formula is C4H8OY2-2. The Morgan fingerprint density at radius 3 is 1.29 bits per heavy atom. The van der Waals surface area contributed by atoms with E-state index in [1.807, 2.05) is 0 Å². The first-order chi connectivity index (χ1) is 2.41. The number of hydrogen-bond acceptors (Lipinski definition) is 1. The molecule has 0 aromatic rings. The van der Waals surface area contributed by atoms with Crippen LogP contribution in [0, 0.1) is 13.8 Å². The molecule has 0 aliphatic carbocycles. The van der Waals surface area contributed by atoms with Crippen LogP contribution in [0.1, 0.15) is 0 Å². The summed E-state index contributed by atoms with van der Waals surface area (Å²) in [5.41, 5.74) is 0. The standard InChI is InChI=1S/C4H8O.2Y/c1-3-5-4-2;;/h1-4H2;;/q-2;;. The summed E-state index contributed by atoms with van der Waals surface area (Å²) in [5, 5.41) is 0. The summed E-state index contributed by atoms with van der Waals surface area (Å²) in [6.07, 6.45) is 0. The van der Waals surface area contributed by atoms with Gasteiger partial charge >= 0.3 is 0 Å². The van der Waals surface area contributed by atoms with Gasteiger partial charge in [0.1, 0.15) is 0 Å². The van der Waals surface area contributed by atoms with Crippen LogP contribution < -0.4 is 0 Å². The molecule has 0 fully saturated rings. The Labute approximate surface area is 95.7 Å². The van der Waals surface area contributed by atoms with Crippen LogP contribution in [-0.2, 0) is 70.2 Å². The van der Waals surface area contributed by atoms with Crippen LogP contribution in [0.2, 0.25) is 0 Å². The van der Waals surface area contributed by atoms with Crippen molar-refractivity contribution in [2.75, 3.05) is 13.2 Å². The first kappa shape index (κ1) is 16.1. The minimum absolute atomic E-state index is 0. The van der Waals surface area contributed by atoms with E-state index in [0.717, 1.165) is 0 Å². The molecule has 0 amide bonds. The van der Waals surface area contributed by atoms with Gasteiger partial charge in [-0.3, -0.25) is 0 Å². The number of hydrogen-bond donors (Lipinski definition) is 0. The molecule has 0 spiro atoms. The van der Waals surface area contributed by atoms with E-state index >= 15 is 0 Å². The maximum Gasteiger partial charge on any atom is 0 e. The quantitative estimate of drug-likeness (QED) is 0.654. The van der Waals surface area contributed by atoms with Gasteiger partial charge in [0.05, 0.1) is 0 Å². The van der Waals surface area contributed by atoms with Crippen LogP contribution in [0.15, 0.2) is 0 Å². The Morgan fingerprint density at radius 2 is 1.29 bits per heavy atom. The second-order valence-electron chi connectivity index (χ2n) is 0.612. The Kier molecular flexibility index (Phi) is 36.1. The van der Waals surface area contributed by atoms with Crippen molar-refractivity contribution >= 4 is 0 Å². The van der Waals surface area contributed by atoms with Crippen LogP contribution in [0.25, 0.3) is 0 Å². The average Bonchev–Trinajstić information content (AvgIpc) is 1.41. The van der Waals surface area contributed by atoms with Crippen molar-refractivity contribution < 1.29 is 70.2 Å². The minimum Gasteiger partial charge on any atom is -0.445 e. The molecule has 0 heterocycles. The van der Waals surface area contributed by atoms with Gasteiger partial charge in [-0.1, -0.05) is 13.2 Å². The molecule has 0 saturated heterocycles. The van der Waals surface area contributed by atoms with Crippen LogP contribution in [-0.4, -0.2) is 13.2 Å². The molecule has 0 aliphatic rings. The number of ether oxygens (including phenoxy) is 1. The smallest absolute Gasteiger partial charge is 0 e. The zero-order valence-corrected chi connectivity index (χ0v) is 10.1. The van der Waals surface area contributed by atoms with Gasteiger partial charge in [-0.15, -0.1) is 0 Å². The second-order valence-corrected chi connectivity index (χ2v) is 0.612. The van der Waals surface area contributed by atoms with Gasteiger partial charge < -0.3 is 18.6 Å². The Bertz CT molecular complexity index is 17.2. The van der Waals surface area contributed by atoms with E-state index in [9.17, 15) is 0 Å². The molecule has 2 radical (unpaired) electrons. The zero-order valence-electron chi connectivity index (χ0n) is 4.39. The summed E-state index contributed by atoms with van der Waals surface area (Å²) in [6, 6.07) is 0. The van der Waals surface area contributed by atoms with Gasteiger partial charge in [0.15, 0.2) is 0 Å². The minimum atomic E-state index is 0. The van der Waals surface area contributed by atoms with E-state index in [0.29, 0.717) is 13.2 Å². The average molecular weight is 250 g/mol. The van der Waals surface area contributed by atoms with Crippen molar-refractivity contribution in [3.63, 3.8) is 0 Å². The van der Waals surface area contributed by atoms with Crippen molar-refractivity contribution in [3.05, 3.63) is 13.8 Å². The number of rotatable bonds is 2. The van der Waals surface area contributed by atoms with E-state index in [4.69, 9.17) is 0 Å². The van der Waals surface area contributed by atoms with Crippen molar-refractivity contribution in [3.8, 4) is 0 Å². The van der Waals surface area contributed by atoms with Gasteiger partial charge in [-0.2, -0.15) is 0 Å². The van der Waals surface area contributed by atoms with Crippen molar-refractivity contribution in [2.24, 2.45) is 0 Å². The van der Waals surface area contributed by atoms with E-state index in [-0.39, 0.29) is 65.4 Å². The monoisotopic (exact) mass is 250 g/mol. The summed E-state index contributed by atoms with van der Waals surface area (Å²) in [6.45, 7) is 7.89. The molecule has 0 unspecified atom stereocenters. The Hall–Kier alpha value is 2.17. The first-order valence-electron chi connectivity index (χ1n) is 1.58. The van der Waals surface area contributed by atoms with Crippen molar-refractivity contribution in [1.82, 2.24) is 0 Å². The molecule has 7 heavy (non-hydrogen) atoms. The third kappa shape index (κ3) is 17.9. The maximum atomic E-state index is 4.61. The predicted molar refractivity (Wildman–Crippen MR) is 21.5 cm³/mol. The van der Waals surface area contributed by atoms with Gasteiger partial charge in [-0.25, -0.2) is 0 Å². The molecule has 0 N–H and O–H groups in total. The molecule has 38 valence electrons. The summed E-state index contributed by atoms with van der Waals surface area (Å²) >= 11 is 0. The summed E-state index contributed by atoms with van der Waals surface area (Å²) in [5.74, 6) is 0. The first-order valence-corrected chi connectivity index (χ1v) is 1.58. The third-order valence-corrected chi connectivity index (χ3v) is 0.289. The zero-order chi connectivity index (χ0) is 4.12. The van der Waals surface area contributed by atoms with E-state index in [1.54, 1.807) is 0 Å². The Morgan fingerprint density at radius 1 is 1.00 bits per heavy atom. The van der Waals surface area contributed by atoms with E-state index < -0.39 is 0 Å². The van der Waals surface area contributed by atoms with Crippen LogP contribution in [0.4, 0.5) is 0 Å². The molecule has 3 heteroatoms. The normalized spacial score (nSPS) is 6.00. The van der Waals surface area contributed by atoms with Crippen LogP contribution in [0.5, 0.6) is 0 Å². The second kappa shape index (κ2) is 15.7. The predicted octanol–water partition coefficient (Wildman–Crippen LogP) is 0.666. The maximum absolute atomic E-state index is 4.61. The third-order valence-electron chi connectivity index (χ3n) is 0.289. The molecule has 0 aromatic carbocycles. The van der Waals surface area contributed by atoms with Crippen molar-refractivity contribution in [2.45, 2.75) is 0 Å². The van der Waals surface area contributed by atoms with Crippen LogP contribution in [0.3, 0.4) is 0 Å². The molecule has 0 bridgehead atoms. The summed E-state index contributed by atoms with van der Waals surface area (Å²) in [4.78, 5) is 0. The summed E-state index contributed by atoms with van der Waals surface area (Å²) < 4.78 is 4.61. The van der Waals surface area contributed by atoms with E-state index in [1.165, 1.54) is 0 Å². The molecule has 0 saturated carbocycles. The fraction of sp³-hybridized carbons (Fsp3) is 0.500. The van der Waals surface area contributed by atoms with Gasteiger partial charge in [0, 0.05) is 65.4 Å². The molecule has 0 atom stereocenters. The van der Waals surface area contributed by atoms with Gasteiger partial charge in [0.2, 0.25) is 0 Å². The van der Waals surface area contributed by atoms with Crippen LogP contribution >= 0.6 is 0 Å². The molecular weight excluding hydrogens is 242 g/mol. The summed E-state index contributed by atoms with van der Waals surface area (Å²) in [7, 11) is 0. The fourth-order valence-corrected chi connectivity index (χ4v) is 0.102. The fourth-order valence-electron chi connectivity index (χ4n) is 0.102. The molecule has 0 aliphatic heterocycles.